The number of hydrogen-bond acceptors (Lipinski definition) is 4. The number of piperazine rings is 1. The van der Waals surface area contributed by atoms with Crippen molar-refractivity contribution < 1.29 is 9.53 Å². The Morgan fingerprint density at radius 2 is 1.59 bits per heavy atom. The minimum atomic E-state index is 0.0560. The number of para-hydroxylation sites is 2. The van der Waals surface area contributed by atoms with Crippen LogP contribution in [0.25, 0.3) is 22.2 Å². The third kappa shape index (κ3) is 3.89. The summed E-state index contributed by atoms with van der Waals surface area (Å²) in [5, 5.41) is 0.884. The minimum absolute atomic E-state index is 0.0560. The van der Waals surface area contributed by atoms with Gasteiger partial charge in [-0.3, -0.25) is 4.79 Å². The zero-order chi connectivity index (χ0) is 21.9. The van der Waals surface area contributed by atoms with Gasteiger partial charge < -0.3 is 14.5 Å². The molecule has 160 valence electrons. The molecule has 5 heteroatoms. The summed E-state index contributed by atoms with van der Waals surface area (Å²) < 4.78 is 5.38. The van der Waals surface area contributed by atoms with E-state index in [1.165, 1.54) is 5.69 Å². The lowest BCUT2D eigenvalue weighted by molar-refractivity contribution is 0.0748. The molecule has 0 bridgehead atoms. The van der Waals surface area contributed by atoms with Crippen molar-refractivity contribution in [1.82, 2.24) is 9.88 Å². The molecule has 32 heavy (non-hydrogen) atoms. The molecule has 1 saturated heterocycles. The highest BCUT2D eigenvalue weighted by molar-refractivity contribution is 6.07. The first-order chi connectivity index (χ1) is 15.7. The molecule has 0 aliphatic carbocycles. The number of benzene rings is 3. The van der Waals surface area contributed by atoms with Gasteiger partial charge in [-0.25, -0.2) is 4.98 Å². The fourth-order valence-electron chi connectivity index (χ4n) is 4.26. The van der Waals surface area contributed by atoms with Crippen LogP contribution in [0.4, 0.5) is 5.69 Å². The van der Waals surface area contributed by atoms with E-state index in [-0.39, 0.29) is 5.91 Å². The molecule has 5 nitrogen and oxygen atoms in total. The minimum Gasteiger partial charge on any atom is -0.497 e. The molecule has 0 atom stereocenters. The van der Waals surface area contributed by atoms with Crippen LogP contribution in [0, 0.1) is 0 Å². The van der Waals surface area contributed by atoms with E-state index in [1.807, 2.05) is 65.6 Å². The monoisotopic (exact) mass is 423 g/mol. The maximum atomic E-state index is 13.6. The number of carbonyl (C=O) groups excluding carboxylic acids is 1. The third-order valence-corrected chi connectivity index (χ3v) is 6.00. The van der Waals surface area contributed by atoms with Crippen LogP contribution in [0.1, 0.15) is 10.4 Å². The first kappa shape index (κ1) is 20.1. The van der Waals surface area contributed by atoms with Gasteiger partial charge in [0, 0.05) is 42.8 Å². The molecule has 3 aromatic carbocycles. The maximum absolute atomic E-state index is 13.6. The van der Waals surface area contributed by atoms with Crippen LogP contribution < -0.4 is 9.64 Å². The molecule has 1 aromatic heterocycles. The number of carbonyl (C=O) groups is 1. The van der Waals surface area contributed by atoms with Crippen LogP contribution in [0.15, 0.2) is 84.9 Å². The number of hydrogen-bond donors (Lipinski definition) is 0. The first-order valence-corrected chi connectivity index (χ1v) is 10.9. The van der Waals surface area contributed by atoms with Gasteiger partial charge in [-0.2, -0.15) is 0 Å². The molecule has 5 rings (SSSR count). The second-order valence-corrected chi connectivity index (χ2v) is 7.92. The van der Waals surface area contributed by atoms with E-state index >= 15 is 0 Å². The second kappa shape index (κ2) is 8.71. The zero-order valence-corrected chi connectivity index (χ0v) is 18.1. The molecule has 2 heterocycles. The highest BCUT2D eigenvalue weighted by Crippen LogP contribution is 2.28. The van der Waals surface area contributed by atoms with E-state index in [2.05, 4.69) is 29.2 Å². The number of rotatable bonds is 4. The Hall–Kier alpha value is -3.86. The van der Waals surface area contributed by atoms with Crippen molar-refractivity contribution in [1.29, 1.82) is 0 Å². The van der Waals surface area contributed by atoms with Crippen LogP contribution in [0.3, 0.4) is 0 Å². The number of amides is 1. The van der Waals surface area contributed by atoms with E-state index in [0.717, 1.165) is 41.0 Å². The SMILES string of the molecule is COc1cccc(-c2cc(C(=O)N3CCN(c4ccccc4)CC3)c3ccccc3n2)c1. The van der Waals surface area contributed by atoms with Gasteiger partial charge in [0.05, 0.1) is 23.9 Å². The molecule has 4 aromatic rings. The average Bonchev–Trinajstić information content (AvgIpc) is 2.88. The summed E-state index contributed by atoms with van der Waals surface area (Å²) in [6.07, 6.45) is 0. The van der Waals surface area contributed by atoms with Gasteiger partial charge in [-0.05, 0) is 36.4 Å². The van der Waals surface area contributed by atoms with Crippen LogP contribution in [-0.4, -0.2) is 49.1 Å². The number of methoxy groups -OCH3 is 1. The van der Waals surface area contributed by atoms with Crippen LogP contribution in [-0.2, 0) is 0 Å². The normalized spacial score (nSPS) is 13.9. The Bertz CT molecular complexity index is 1250. The van der Waals surface area contributed by atoms with Crippen molar-refractivity contribution in [2.24, 2.45) is 0 Å². The molecule has 0 unspecified atom stereocenters. The molecule has 1 amide bonds. The Morgan fingerprint density at radius 1 is 0.844 bits per heavy atom. The summed E-state index contributed by atoms with van der Waals surface area (Å²) in [7, 11) is 1.65. The van der Waals surface area contributed by atoms with Gasteiger partial charge in [0.1, 0.15) is 5.75 Å². The summed E-state index contributed by atoms with van der Waals surface area (Å²) in [5.41, 5.74) is 4.42. The Kier molecular flexibility index (Phi) is 5.46. The Balaban J connectivity index is 1.46. The maximum Gasteiger partial charge on any atom is 0.254 e. The molecule has 1 aliphatic rings. The lowest BCUT2D eigenvalue weighted by Gasteiger charge is -2.36. The third-order valence-electron chi connectivity index (χ3n) is 6.00. The van der Waals surface area contributed by atoms with E-state index < -0.39 is 0 Å². The second-order valence-electron chi connectivity index (χ2n) is 7.92. The van der Waals surface area contributed by atoms with Gasteiger partial charge in [0.15, 0.2) is 0 Å². The van der Waals surface area contributed by atoms with Crippen molar-refractivity contribution in [2.45, 2.75) is 0 Å². The average molecular weight is 424 g/mol. The zero-order valence-electron chi connectivity index (χ0n) is 18.1. The largest absolute Gasteiger partial charge is 0.497 e. The van der Waals surface area contributed by atoms with Crippen molar-refractivity contribution in [3.63, 3.8) is 0 Å². The molecule has 0 N–H and O–H groups in total. The van der Waals surface area contributed by atoms with Crippen LogP contribution >= 0.6 is 0 Å². The van der Waals surface area contributed by atoms with Crippen LogP contribution in [0.2, 0.25) is 0 Å². The predicted molar refractivity (Wildman–Crippen MR) is 128 cm³/mol. The van der Waals surface area contributed by atoms with Crippen molar-refractivity contribution in [3.05, 3.63) is 90.5 Å². The molecular formula is C27H25N3O2. The molecule has 0 radical (unpaired) electrons. The van der Waals surface area contributed by atoms with E-state index in [4.69, 9.17) is 9.72 Å². The number of pyridine rings is 1. The predicted octanol–water partition coefficient (Wildman–Crippen LogP) is 4.87. The summed E-state index contributed by atoms with van der Waals surface area (Å²) >= 11 is 0. The molecular weight excluding hydrogens is 398 g/mol. The fraction of sp³-hybridized carbons (Fsp3) is 0.185. The number of anilines is 1. The van der Waals surface area contributed by atoms with Gasteiger partial charge in [-0.15, -0.1) is 0 Å². The topological polar surface area (TPSA) is 45.7 Å². The lowest BCUT2D eigenvalue weighted by Crippen LogP contribution is -2.48. The van der Waals surface area contributed by atoms with E-state index in [1.54, 1.807) is 7.11 Å². The lowest BCUT2D eigenvalue weighted by atomic mass is 10.0. The number of ether oxygens (including phenoxy) is 1. The van der Waals surface area contributed by atoms with Crippen molar-refractivity contribution in [2.75, 3.05) is 38.2 Å². The Labute approximate surface area is 187 Å². The van der Waals surface area contributed by atoms with Crippen LogP contribution in [0.5, 0.6) is 5.75 Å². The van der Waals surface area contributed by atoms with Gasteiger partial charge in [-0.1, -0.05) is 48.5 Å². The van der Waals surface area contributed by atoms with Crippen molar-refractivity contribution in [3.8, 4) is 17.0 Å². The number of fused-ring (bicyclic) bond motifs is 1. The molecule has 1 fully saturated rings. The summed E-state index contributed by atoms with van der Waals surface area (Å²) in [4.78, 5) is 22.7. The Morgan fingerprint density at radius 3 is 2.38 bits per heavy atom. The van der Waals surface area contributed by atoms with E-state index in [9.17, 15) is 4.79 Å². The summed E-state index contributed by atoms with van der Waals surface area (Å²) in [6, 6.07) is 27.9. The quantitative estimate of drug-likeness (QED) is 0.470. The highest BCUT2D eigenvalue weighted by Gasteiger charge is 2.24. The summed E-state index contributed by atoms with van der Waals surface area (Å²) in [5.74, 6) is 0.822. The molecule has 1 aliphatic heterocycles. The number of nitrogens with zero attached hydrogens (tertiary/aromatic N) is 3. The fourth-order valence-corrected chi connectivity index (χ4v) is 4.26. The number of aromatic nitrogens is 1. The standard InChI is InChI=1S/C27H25N3O2/c1-32-22-11-7-8-20(18-22)26-19-24(23-12-5-6-13-25(23)28-26)27(31)30-16-14-29(15-17-30)21-9-3-2-4-10-21/h2-13,18-19H,14-17H2,1H3. The van der Waals surface area contributed by atoms with Gasteiger partial charge >= 0.3 is 0 Å². The summed E-state index contributed by atoms with van der Waals surface area (Å²) in [6.45, 7) is 3.03. The van der Waals surface area contributed by atoms with Gasteiger partial charge in [0.25, 0.3) is 5.91 Å². The van der Waals surface area contributed by atoms with Crippen molar-refractivity contribution >= 4 is 22.5 Å². The highest BCUT2D eigenvalue weighted by atomic mass is 16.5. The molecule has 0 saturated carbocycles. The first-order valence-electron chi connectivity index (χ1n) is 10.9. The smallest absolute Gasteiger partial charge is 0.254 e. The molecule has 0 spiro atoms. The van der Waals surface area contributed by atoms with E-state index in [0.29, 0.717) is 18.7 Å². The van der Waals surface area contributed by atoms with Gasteiger partial charge in [0.2, 0.25) is 0 Å².